The Balaban J connectivity index is 2.32. The molecule has 0 spiro atoms. The highest BCUT2D eigenvalue weighted by molar-refractivity contribution is 9.10. The van der Waals surface area contributed by atoms with Gasteiger partial charge in [0.05, 0.1) is 5.69 Å². The smallest absolute Gasteiger partial charge is 0.250 e. The number of rotatable bonds is 3. The van der Waals surface area contributed by atoms with Crippen LogP contribution in [0.1, 0.15) is 25.8 Å². The molecule has 1 aromatic carbocycles. The number of anilines is 1. The van der Waals surface area contributed by atoms with E-state index in [0.717, 1.165) is 15.7 Å². The molecule has 108 valence electrons. The van der Waals surface area contributed by atoms with Gasteiger partial charge in [-0.15, -0.1) is 0 Å². The zero-order chi connectivity index (χ0) is 14.9. The highest BCUT2D eigenvalue weighted by atomic mass is 79.9. The van der Waals surface area contributed by atoms with Gasteiger partial charge in [-0.05, 0) is 52.9 Å². The third-order valence-electron chi connectivity index (χ3n) is 3.30. The van der Waals surface area contributed by atoms with E-state index in [1.807, 2.05) is 39.0 Å². The summed E-state index contributed by atoms with van der Waals surface area (Å²) in [6.45, 7) is 6.13. The van der Waals surface area contributed by atoms with Crippen molar-refractivity contribution in [2.24, 2.45) is 5.92 Å². The lowest BCUT2D eigenvalue weighted by molar-refractivity contribution is -0.131. The van der Waals surface area contributed by atoms with Crippen LogP contribution < -0.4 is 10.2 Å². The van der Waals surface area contributed by atoms with Crippen LogP contribution in [0.5, 0.6) is 0 Å². The second-order valence-electron chi connectivity index (χ2n) is 5.63. The van der Waals surface area contributed by atoms with Crippen molar-refractivity contribution in [2.75, 3.05) is 11.4 Å². The lowest BCUT2D eigenvalue weighted by atomic mass is 10.0. The van der Waals surface area contributed by atoms with Gasteiger partial charge in [0, 0.05) is 4.47 Å². The summed E-state index contributed by atoms with van der Waals surface area (Å²) < 4.78 is 0.828. The number of benzene rings is 1. The van der Waals surface area contributed by atoms with Gasteiger partial charge >= 0.3 is 0 Å². The first-order chi connectivity index (χ1) is 9.38. The first-order valence-corrected chi connectivity index (χ1v) is 7.54. The molecule has 1 unspecified atom stereocenters. The number of amides is 2. The predicted octanol–water partition coefficient (Wildman–Crippen LogP) is 2.64. The molecule has 1 fully saturated rings. The Labute approximate surface area is 127 Å². The predicted molar refractivity (Wildman–Crippen MR) is 82.6 cm³/mol. The van der Waals surface area contributed by atoms with Crippen LogP contribution in [0.2, 0.25) is 0 Å². The summed E-state index contributed by atoms with van der Waals surface area (Å²) in [4.78, 5) is 26.0. The Morgan fingerprint density at radius 1 is 1.40 bits per heavy atom. The van der Waals surface area contributed by atoms with Crippen molar-refractivity contribution < 1.29 is 9.59 Å². The Hall–Kier alpha value is -1.36. The summed E-state index contributed by atoms with van der Waals surface area (Å²) in [5.74, 6) is 0.207. The van der Waals surface area contributed by atoms with Crippen LogP contribution >= 0.6 is 15.9 Å². The molecule has 2 rings (SSSR count). The molecule has 0 saturated carbocycles. The fraction of sp³-hybridized carbons (Fsp3) is 0.467. The minimum atomic E-state index is -0.427. The van der Waals surface area contributed by atoms with Crippen molar-refractivity contribution in [1.82, 2.24) is 5.32 Å². The fourth-order valence-electron chi connectivity index (χ4n) is 2.38. The number of carbonyl (C=O) groups is 2. The van der Waals surface area contributed by atoms with E-state index < -0.39 is 6.04 Å². The van der Waals surface area contributed by atoms with Gasteiger partial charge in [-0.3, -0.25) is 9.59 Å². The molecule has 4 nitrogen and oxygen atoms in total. The van der Waals surface area contributed by atoms with Gasteiger partial charge in [0.1, 0.15) is 12.6 Å². The quantitative estimate of drug-likeness (QED) is 0.920. The lowest BCUT2D eigenvalue weighted by Crippen LogP contribution is -2.58. The van der Waals surface area contributed by atoms with Gasteiger partial charge in [-0.25, -0.2) is 0 Å². The van der Waals surface area contributed by atoms with Crippen molar-refractivity contribution >= 4 is 33.4 Å². The normalized spacial score (nSPS) is 19.4. The fourth-order valence-corrected chi connectivity index (χ4v) is 2.84. The Bertz CT molecular complexity index is 543. The number of nitrogens with one attached hydrogen (secondary N) is 1. The molecule has 2 amide bonds. The number of hydrogen-bond acceptors (Lipinski definition) is 2. The van der Waals surface area contributed by atoms with E-state index in [0.29, 0.717) is 12.3 Å². The molecule has 1 heterocycles. The second-order valence-corrected chi connectivity index (χ2v) is 6.48. The second kappa shape index (κ2) is 5.95. The molecule has 5 heteroatoms. The molecule has 0 bridgehead atoms. The molecular weight excluding hydrogens is 320 g/mol. The van der Waals surface area contributed by atoms with Gasteiger partial charge in [0.15, 0.2) is 0 Å². The summed E-state index contributed by atoms with van der Waals surface area (Å²) >= 11 is 3.46. The molecule has 20 heavy (non-hydrogen) atoms. The number of piperazine rings is 1. The molecule has 0 radical (unpaired) electrons. The molecular formula is C15H19BrN2O2. The summed E-state index contributed by atoms with van der Waals surface area (Å²) in [5.41, 5.74) is 1.82. The Morgan fingerprint density at radius 3 is 2.75 bits per heavy atom. The van der Waals surface area contributed by atoms with Crippen LogP contribution in [0.3, 0.4) is 0 Å². The van der Waals surface area contributed by atoms with E-state index in [9.17, 15) is 9.59 Å². The van der Waals surface area contributed by atoms with Crippen LogP contribution in [-0.2, 0) is 9.59 Å². The lowest BCUT2D eigenvalue weighted by Gasteiger charge is -2.34. The molecule has 0 aliphatic carbocycles. The van der Waals surface area contributed by atoms with E-state index in [1.165, 1.54) is 0 Å². The number of halogens is 1. The van der Waals surface area contributed by atoms with Crippen LogP contribution in [0.15, 0.2) is 22.7 Å². The van der Waals surface area contributed by atoms with E-state index in [1.54, 1.807) is 4.90 Å². The van der Waals surface area contributed by atoms with Crippen LogP contribution in [0, 0.1) is 12.8 Å². The van der Waals surface area contributed by atoms with E-state index in [-0.39, 0.29) is 18.4 Å². The van der Waals surface area contributed by atoms with Crippen molar-refractivity contribution in [3.05, 3.63) is 28.2 Å². The van der Waals surface area contributed by atoms with Crippen molar-refractivity contribution in [2.45, 2.75) is 33.2 Å². The molecule has 1 aromatic rings. The maximum absolute atomic E-state index is 12.6. The van der Waals surface area contributed by atoms with Crippen LogP contribution in [0.25, 0.3) is 0 Å². The van der Waals surface area contributed by atoms with Crippen molar-refractivity contribution in [3.63, 3.8) is 0 Å². The number of carbonyl (C=O) groups excluding carboxylic acids is 2. The summed E-state index contributed by atoms with van der Waals surface area (Å²) in [5, 5.41) is 2.79. The third-order valence-corrected chi connectivity index (χ3v) is 3.97. The van der Waals surface area contributed by atoms with E-state index in [4.69, 9.17) is 0 Å². The minimum Gasteiger partial charge on any atom is -0.343 e. The SMILES string of the molecule is Cc1ccc(Br)c(N2CC(=O)NC(CC(C)C)C2=O)c1. The van der Waals surface area contributed by atoms with E-state index >= 15 is 0 Å². The molecule has 1 aliphatic rings. The first-order valence-electron chi connectivity index (χ1n) is 6.75. The zero-order valence-electron chi connectivity index (χ0n) is 11.9. The standard InChI is InChI=1S/C15H19BrN2O2/c1-9(2)6-12-15(20)18(8-14(19)17-12)13-7-10(3)4-5-11(13)16/h4-5,7,9,12H,6,8H2,1-3H3,(H,17,19). The Morgan fingerprint density at radius 2 is 2.10 bits per heavy atom. The van der Waals surface area contributed by atoms with Gasteiger partial charge in [-0.2, -0.15) is 0 Å². The highest BCUT2D eigenvalue weighted by Gasteiger charge is 2.34. The largest absolute Gasteiger partial charge is 0.343 e. The third kappa shape index (κ3) is 3.20. The van der Waals surface area contributed by atoms with Gasteiger partial charge < -0.3 is 10.2 Å². The monoisotopic (exact) mass is 338 g/mol. The van der Waals surface area contributed by atoms with Gasteiger partial charge in [0.25, 0.3) is 0 Å². The number of aryl methyl sites for hydroxylation is 1. The van der Waals surface area contributed by atoms with Crippen molar-refractivity contribution in [1.29, 1.82) is 0 Å². The van der Waals surface area contributed by atoms with Gasteiger partial charge in [0.2, 0.25) is 11.8 Å². The summed E-state index contributed by atoms with van der Waals surface area (Å²) in [7, 11) is 0. The maximum atomic E-state index is 12.6. The molecule has 0 aromatic heterocycles. The van der Waals surface area contributed by atoms with Crippen LogP contribution in [0.4, 0.5) is 5.69 Å². The molecule has 1 atom stereocenters. The van der Waals surface area contributed by atoms with Gasteiger partial charge in [-0.1, -0.05) is 19.9 Å². The van der Waals surface area contributed by atoms with Crippen LogP contribution in [-0.4, -0.2) is 24.4 Å². The molecule has 1 aliphatic heterocycles. The number of nitrogens with zero attached hydrogens (tertiary/aromatic N) is 1. The summed E-state index contributed by atoms with van der Waals surface area (Å²) in [6.07, 6.45) is 0.657. The first kappa shape index (κ1) is 15.0. The zero-order valence-corrected chi connectivity index (χ0v) is 13.5. The number of hydrogen-bond donors (Lipinski definition) is 1. The minimum absolute atomic E-state index is 0.0374. The molecule has 1 N–H and O–H groups in total. The average molecular weight is 339 g/mol. The Kier molecular flexibility index (Phi) is 4.48. The molecule has 1 saturated heterocycles. The topological polar surface area (TPSA) is 49.4 Å². The van der Waals surface area contributed by atoms with Crippen molar-refractivity contribution in [3.8, 4) is 0 Å². The maximum Gasteiger partial charge on any atom is 0.250 e. The van der Waals surface area contributed by atoms with E-state index in [2.05, 4.69) is 21.2 Å². The highest BCUT2D eigenvalue weighted by Crippen LogP contribution is 2.29. The summed E-state index contributed by atoms with van der Waals surface area (Å²) in [6, 6.07) is 5.37. The average Bonchev–Trinajstić information content (AvgIpc) is 2.36.